The van der Waals surface area contributed by atoms with Crippen molar-refractivity contribution in [1.29, 1.82) is 0 Å². The van der Waals surface area contributed by atoms with Crippen LogP contribution in [0.15, 0.2) is 48.6 Å². The highest BCUT2D eigenvalue weighted by Gasteiger charge is 2.36. The molecule has 57 heavy (non-hydrogen) atoms. The molecule has 0 aromatic heterocycles. The second kappa shape index (κ2) is 34.8. The SMILES string of the molecule is CCCCC/C=C\CC1OC1C/C=C\C/C=C\CCCC(=O)O[C@H](COC(=O)CCCCCCCCC/C=C\CCCCCC)COP(=O)([O-])OCC[N+](C)(C)C. The first-order chi connectivity index (χ1) is 27.5. The molecule has 0 aromatic rings. The normalized spacial score (nSPS) is 17.6. The number of epoxide rings is 1. The Bertz CT molecular complexity index is 1180. The van der Waals surface area contributed by atoms with Crippen LogP contribution < -0.4 is 4.89 Å². The molecule has 1 aliphatic rings. The van der Waals surface area contributed by atoms with Gasteiger partial charge in [0, 0.05) is 12.8 Å². The van der Waals surface area contributed by atoms with Crippen LogP contribution in [0.5, 0.6) is 0 Å². The number of quaternary nitrogens is 1. The lowest BCUT2D eigenvalue weighted by molar-refractivity contribution is -0.870. The molecular weight excluding hydrogens is 741 g/mol. The molecular formula is C46H82NO9P. The van der Waals surface area contributed by atoms with Crippen LogP contribution in [0, 0.1) is 0 Å². The number of rotatable bonds is 39. The van der Waals surface area contributed by atoms with Crippen molar-refractivity contribution in [3.05, 3.63) is 48.6 Å². The van der Waals surface area contributed by atoms with E-state index in [0.29, 0.717) is 42.5 Å². The van der Waals surface area contributed by atoms with Crippen molar-refractivity contribution in [3.63, 3.8) is 0 Å². The lowest BCUT2D eigenvalue weighted by atomic mass is 10.1. The Morgan fingerprint density at radius 1 is 0.632 bits per heavy atom. The van der Waals surface area contributed by atoms with Gasteiger partial charge in [-0.2, -0.15) is 0 Å². The molecule has 0 aliphatic carbocycles. The van der Waals surface area contributed by atoms with Gasteiger partial charge in [-0.3, -0.25) is 14.2 Å². The summed E-state index contributed by atoms with van der Waals surface area (Å²) in [5.74, 6) is -0.913. The van der Waals surface area contributed by atoms with Gasteiger partial charge in [0.05, 0.1) is 40.0 Å². The molecule has 3 unspecified atom stereocenters. The summed E-state index contributed by atoms with van der Waals surface area (Å²) in [5, 5.41) is 0. The fraction of sp³-hybridized carbons (Fsp3) is 0.783. The summed E-state index contributed by atoms with van der Waals surface area (Å²) in [7, 11) is 1.12. The summed E-state index contributed by atoms with van der Waals surface area (Å²) in [6, 6.07) is 0. The van der Waals surface area contributed by atoms with Gasteiger partial charge in [-0.15, -0.1) is 0 Å². The number of likely N-dealkylation sites (N-methyl/N-ethyl adjacent to an activating group) is 1. The van der Waals surface area contributed by atoms with Gasteiger partial charge in [0.2, 0.25) is 0 Å². The zero-order valence-electron chi connectivity index (χ0n) is 36.7. The summed E-state index contributed by atoms with van der Waals surface area (Å²) in [4.78, 5) is 37.6. The zero-order valence-corrected chi connectivity index (χ0v) is 37.6. The molecule has 1 fully saturated rings. The second-order valence-electron chi connectivity index (χ2n) is 16.4. The maximum atomic E-state index is 12.7. The van der Waals surface area contributed by atoms with Gasteiger partial charge in [-0.25, -0.2) is 0 Å². The predicted octanol–water partition coefficient (Wildman–Crippen LogP) is 11.0. The molecule has 1 saturated heterocycles. The summed E-state index contributed by atoms with van der Waals surface area (Å²) < 4.78 is 39.6. The quantitative estimate of drug-likeness (QED) is 0.0149. The maximum Gasteiger partial charge on any atom is 0.306 e. The van der Waals surface area contributed by atoms with Crippen LogP contribution in [0.2, 0.25) is 0 Å². The van der Waals surface area contributed by atoms with Crippen molar-refractivity contribution >= 4 is 19.8 Å². The van der Waals surface area contributed by atoms with Crippen LogP contribution in [0.1, 0.15) is 168 Å². The Kier molecular flexibility index (Phi) is 32.3. The minimum Gasteiger partial charge on any atom is -0.756 e. The van der Waals surface area contributed by atoms with Gasteiger partial charge in [0.1, 0.15) is 19.8 Å². The van der Waals surface area contributed by atoms with E-state index in [0.717, 1.165) is 51.4 Å². The van der Waals surface area contributed by atoms with E-state index in [1.807, 2.05) is 27.2 Å². The summed E-state index contributed by atoms with van der Waals surface area (Å²) in [5.41, 5.74) is 0. The van der Waals surface area contributed by atoms with E-state index in [1.54, 1.807) is 0 Å². The number of allylic oxidation sites excluding steroid dienone is 6. The number of ether oxygens (including phenoxy) is 3. The van der Waals surface area contributed by atoms with Crippen molar-refractivity contribution in [2.45, 2.75) is 186 Å². The molecule has 1 aliphatic heterocycles. The first-order valence-electron chi connectivity index (χ1n) is 22.5. The van der Waals surface area contributed by atoms with Crippen molar-refractivity contribution in [3.8, 4) is 0 Å². The van der Waals surface area contributed by atoms with Gasteiger partial charge in [0.25, 0.3) is 7.82 Å². The molecule has 4 atom stereocenters. The Hall–Kier alpha value is -2.07. The van der Waals surface area contributed by atoms with Gasteiger partial charge < -0.3 is 32.6 Å². The van der Waals surface area contributed by atoms with Gasteiger partial charge in [-0.1, -0.05) is 127 Å². The van der Waals surface area contributed by atoms with E-state index in [-0.39, 0.29) is 26.1 Å². The molecule has 11 heteroatoms. The molecule has 0 N–H and O–H groups in total. The number of phosphoric acid groups is 1. The third kappa shape index (κ3) is 35.6. The van der Waals surface area contributed by atoms with Crippen LogP contribution in [0.25, 0.3) is 0 Å². The topological polar surface area (TPSA) is 124 Å². The first-order valence-corrected chi connectivity index (χ1v) is 23.9. The molecule has 1 rings (SSSR count). The number of unbranched alkanes of at least 4 members (excludes halogenated alkanes) is 15. The fourth-order valence-corrected chi connectivity index (χ4v) is 6.76. The standard InChI is InChI=1S/C46H82NO9P/c1-6-8-10-12-14-15-16-17-18-19-20-21-24-28-32-36-45(48)52-40-42(41-54-57(50,51)53-39-38-47(3,4)5)55-46(49)37-33-29-25-22-23-27-31-35-44-43(56-44)34-30-26-13-11-9-7-2/h15-16,22,25-27,30-31,42-44H,6-14,17-21,23-24,28-29,32-41H2,1-5H3/b16-15-,25-22-,30-26-,31-27-/t42-,43?,44?/m1/s1. The van der Waals surface area contributed by atoms with Gasteiger partial charge in [-0.05, 0) is 77.0 Å². The van der Waals surface area contributed by atoms with E-state index < -0.39 is 32.5 Å². The highest BCUT2D eigenvalue weighted by molar-refractivity contribution is 7.45. The average molecular weight is 824 g/mol. The lowest BCUT2D eigenvalue weighted by Gasteiger charge is -2.28. The average Bonchev–Trinajstić information content (AvgIpc) is 3.92. The van der Waals surface area contributed by atoms with Gasteiger partial charge in [0.15, 0.2) is 6.10 Å². The maximum absolute atomic E-state index is 12.7. The molecule has 1 heterocycles. The fourth-order valence-electron chi connectivity index (χ4n) is 6.03. The highest BCUT2D eigenvalue weighted by Crippen LogP contribution is 2.38. The minimum absolute atomic E-state index is 0.0455. The second-order valence-corrected chi connectivity index (χ2v) is 17.9. The number of carbonyl (C=O) groups is 2. The number of carbonyl (C=O) groups excluding carboxylic acids is 2. The molecule has 0 radical (unpaired) electrons. The summed E-state index contributed by atoms with van der Waals surface area (Å²) in [6.07, 6.45) is 41.7. The smallest absolute Gasteiger partial charge is 0.306 e. The van der Waals surface area contributed by atoms with E-state index in [9.17, 15) is 19.0 Å². The number of nitrogens with zero attached hydrogens (tertiary/aromatic N) is 1. The van der Waals surface area contributed by atoms with Crippen molar-refractivity contribution < 1.29 is 46.8 Å². The van der Waals surface area contributed by atoms with E-state index >= 15 is 0 Å². The Balaban J connectivity index is 2.33. The zero-order chi connectivity index (χ0) is 41.9. The Morgan fingerprint density at radius 3 is 1.77 bits per heavy atom. The van der Waals surface area contributed by atoms with E-state index in [2.05, 4.69) is 56.4 Å². The molecule has 0 saturated carbocycles. The number of hydrogen-bond acceptors (Lipinski definition) is 9. The highest BCUT2D eigenvalue weighted by atomic mass is 31.2. The van der Waals surface area contributed by atoms with Crippen molar-refractivity contribution in [2.75, 3.05) is 47.5 Å². The van der Waals surface area contributed by atoms with E-state index in [1.165, 1.54) is 70.6 Å². The predicted molar refractivity (Wildman–Crippen MR) is 231 cm³/mol. The van der Waals surface area contributed by atoms with Crippen LogP contribution in [-0.2, 0) is 37.4 Å². The monoisotopic (exact) mass is 824 g/mol. The van der Waals surface area contributed by atoms with Crippen molar-refractivity contribution in [2.24, 2.45) is 0 Å². The number of hydrogen-bond donors (Lipinski definition) is 0. The molecule has 0 aromatic carbocycles. The Labute approximate surface area is 348 Å². The number of esters is 2. The van der Waals surface area contributed by atoms with Crippen LogP contribution in [-0.4, -0.2) is 82.2 Å². The molecule has 0 bridgehead atoms. The van der Waals surface area contributed by atoms with Crippen molar-refractivity contribution in [1.82, 2.24) is 0 Å². The molecule has 330 valence electrons. The summed E-state index contributed by atoms with van der Waals surface area (Å²) >= 11 is 0. The third-order valence-corrected chi connectivity index (χ3v) is 10.7. The molecule has 10 nitrogen and oxygen atoms in total. The van der Waals surface area contributed by atoms with E-state index in [4.69, 9.17) is 23.3 Å². The van der Waals surface area contributed by atoms with Crippen LogP contribution in [0.4, 0.5) is 0 Å². The largest absolute Gasteiger partial charge is 0.756 e. The first kappa shape index (κ1) is 52.9. The van der Waals surface area contributed by atoms with Gasteiger partial charge >= 0.3 is 11.9 Å². The molecule has 0 spiro atoms. The summed E-state index contributed by atoms with van der Waals surface area (Å²) in [6.45, 7) is 4.10. The molecule has 0 amide bonds. The number of phosphoric ester groups is 1. The third-order valence-electron chi connectivity index (χ3n) is 9.72. The lowest BCUT2D eigenvalue weighted by Crippen LogP contribution is -2.37. The van der Waals surface area contributed by atoms with Crippen LogP contribution >= 0.6 is 7.82 Å². The van der Waals surface area contributed by atoms with Crippen LogP contribution in [0.3, 0.4) is 0 Å². The Morgan fingerprint density at radius 2 is 1.12 bits per heavy atom. The minimum atomic E-state index is -4.65.